The van der Waals surface area contributed by atoms with Crippen LogP contribution in [0.4, 0.5) is 0 Å². The van der Waals surface area contributed by atoms with Gasteiger partial charge in [-0.05, 0) is 73.6 Å². The Morgan fingerprint density at radius 3 is 1.47 bits per heavy atom. The minimum absolute atomic E-state index is 0.00383. The van der Waals surface area contributed by atoms with Gasteiger partial charge in [0.1, 0.15) is 0 Å². The Kier molecular flexibility index (Phi) is 8.56. The minimum Gasteiger partial charge on any atom is -0.326 e. The van der Waals surface area contributed by atoms with Gasteiger partial charge in [0.25, 0.3) is 0 Å². The molecule has 2 atom stereocenters. The van der Waals surface area contributed by atoms with Crippen LogP contribution in [0.1, 0.15) is 114 Å². The topological polar surface area (TPSA) is 89.8 Å². The number of nitrogens with one attached hydrogen (secondary N) is 4. The number of pyridine rings is 2. The molecule has 2 aromatic rings. The second-order valence-electron chi connectivity index (χ2n) is 12.7. The first kappa shape index (κ1) is 26.9. The lowest BCUT2D eigenvalue weighted by Crippen LogP contribution is -2.35. The number of H-pyrrole nitrogens is 2. The number of fused-ring (bicyclic) bond motifs is 2. The maximum Gasteiger partial charge on any atom is 0.248 e. The molecule has 0 saturated carbocycles. The van der Waals surface area contributed by atoms with Crippen molar-refractivity contribution < 1.29 is 0 Å². The van der Waals surface area contributed by atoms with Gasteiger partial charge in [-0.2, -0.15) is 0 Å². The van der Waals surface area contributed by atoms with E-state index in [4.69, 9.17) is 0 Å². The third-order valence-electron chi connectivity index (χ3n) is 8.03. The lowest BCUT2D eigenvalue weighted by Gasteiger charge is -2.37. The molecule has 0 aromatic carbocycles. The molecular formula is C30H46N4O2. The Labute approximate surface area is 216 Å². The highest BCUT2D eigenvalue weighted by Crippen LogP contribution is 2.40. The van der Waals surface area contributed by atoms with E-state index >= 15 is 0 Å². The van der Waals surface area contributed by atoms with E-state index in [2.05, 4.69) is 48.3 Å². The van der Waals surface area contributed by atoms with Crippen LogP contribution in [0.25, 0.3) is 0 Å². The molecule has 0 radical (unpaired) electrons. The number of aromatic nitrogens is 2. The highest BCUT2D eigenvalue weighted by Gasteiger charge is 2.33. The zero-order valence-corrected chi connectivity index (χ0v) is 22.8. The number of hydrogen-bond acceptors (Lipinski definition) is 4. The predicted molar refractivity (Wildman–Crippen MR) is 148 cm³/mol. The number of hydrogen-bond donors (Lipinski definition) is 4. The number of rotatable bonds is 11. The first-order chi connectivity index (χ1) is 17.1. The van der Waals surface area contributed by atoms with Crippen molar-refractivity contribution in [1.82, 2.24) is 20.6 Å². The maximum absolute atomic E-state index is 11.8. The third kappa shape index (κ3) is 7.19. The summed E-state index contributed by atoms with van der Waals surface area (Å²) >= 11 is 0. The Morgan fingerprint density at radius 1 is 0.667 bits per heavy atom. The second kappa shape index (κ2) is 11.5. The van der Waals surface area contributed by atoms with Crippen LogP contribution in [0.15, 0.2) is 33.9 Å². The van der Waals surface area contributed by atoms with Crippen LogP contribution in [0.5, 0.6) is 0 Å². The second-order valence-corrected chi connectivity index (χ2v) is 12.7. The smallest absolute Gasteiger partial charge is 0.248 e. The van der Waals surface area contributed by atoms with Gasteiger partial charge in [-0.25, -0.2) is 0 Å². The average Bonchev–Trinajstić information content (AvgIpc) is 2.78. The van der Waals surface area contributed by atoms with E-state index in [0.717, 1.165) is 50.2 Å². The SMILES string of the molecule is CC1(C)Cc2[nH]c(=O)ccc2[C@H](NCCCCCCCCN[C@@H]2CC(C)(C)Cc3[nH]c(=O)ccc32)C1. The standard InChI is InChI=1S/C30H46N4O2/c1-29(2)17-23(21-11-13-27(35)33-25(21)19-29)31-15-9-7-5-6-8-10-16-32-24-18-30(3,4)20-26-22(24)12-14-28(36)34-26/h11-14,23-24,31-32H,5-10,15-20H2,1-4H3,(H,33,35)(H,34,36)/t23-,24-/m1/s1. The van der Waals surface area contributed by atoms with Crippen LogP contribution >= 0.6 is 0 Å². The zero-order valence-electron chi connectivity index (χ0n) is 22.8. The first-order valence-electron chi connectivity index (χ1n) is 14.0. The van der Waals surface area contributed by atoms with Crippen LogP contribution in [0.3, 0.4) is 0 Å². The molecule has 0 spiro atoms. The molecule has 2 heterocycles. The van der Waals surface area contributed by atoms with Crippen molar-refractivity contribution in [1.29, 1.82) is 0 Å². The van der Waals surface area contributed by atoms with E-state index in [9.17, 15) is 9.59 Å². The molecule has 6 nitrogen and oxygen atoms in total. The van der Waals surface area contributed by atoms with Crippen molar-refractivity contribution in [2.75, 3.05) is 13.1 Å². The average molecular weight is 495 g/mol. The van der Waals surface area contributed by atoms with Gasteiger partial charge in [-0.15, -0.1) is 0 Å². The van der Waals surface area contributed by atoms with Crippen molar-refractivity contribution in [2.24, 2.45) is 10.8 Å². The normalized spacial score (nSPS) is 22.1. The molecule has 0 unspecified atom stereocenters. The van der Waals surface area contributed by atoms with Crippen LogP contribution in [-0.2, 0) is 12.8 Å². The van der Waals surface area contributed by atoms with Gasteiger partial charge in [0.05, 0.1) is 0 Å². The lowest BCUT2D eigenvalue weighted by molar-refractivity contribution is 0.252. The predicted octanol–water partition coefficient (Wildman–Crippen LogP) is 5.31. The first-order valence-corrected chi connectivity index (χ1v) is 14.0. The van der Waals surface area contributed by atoms with Crippen molar-refractivity contribution in [3.63, 3.8) is 0 Å². The molecule has 4 rings (SSSR count). The summed E-state index contributed by atoms with van der Waals surface area (Å²) in [5.41, 5.74) is 5.18. The van der Waals surface area contributed by atoms with Crippen LogP contribution in [0, 0.1) is 10.8 Å². The third-order valence-corrected chi connectivity index (χ3v) is 8.03. The molecule has 4 N–H and O–H groups in total. The fourth-order valence-corrected chi connectivity index (χ4v) is 6.30. The molecule has 6 heteroatoms. The molecule has 36 heavy (non-hydrogen) atoms. The summed E-state index contributed by atoms with van der Waals surface area (Å²) in [4.78, 5) is 29.7. The summed E-state index contributed by atoms with van der Waals surface area (Å²) in [5.74, 6) is 0. The van der Waals surface area contributed by atoms with E-state index < -0.39 is 0 Å². The van der Waals surface area contributed by atoms with Crippen LogP contribution in [-0.4, -0.2) is 23.1 Å². The Hall–Kier alpha value is -2.18. The summed E-state index contributed by atoms with van der Waals surface area (Å²) in [7, 11) is 0. The van der Waals surface area contributed by atoms with Crippen molar-refractivity contribution in [3.8, 4) is 0 Å². The Bertz CT molecular complexity index is 1040. The van der Waals surface area contributed by atoms with Gasteiger partial charge in [0.15, 0.2) is 0 Å². The maximum atomic E-state index is 11.8. The summed E-state index contributed by atoms with van der Waals surface area (Å²) in [6, 6.07) is 8.02. The fraction of sp³-hybridized carbons (Fsp3) is 0.667. The molecule has 198 valence electrons. The number of aromatic amines is 2. The van der Waals surface area contributed by atoms with Gasteiger partial charge in [0, 0.05) is 35.6 Å². The summed E-state index contributed by atoms with van der Waals surface area (Å²) < 4.78 is 0. The van der Waals surface area contributed by atoms with Crippen LogP contribution in [0.2, 0.25) is 0 Å². The Balaban J connectivity index is 1.11. The minimum atomic E-state index is 0.00383. The molecule has 0 fully saturated rings. The van der Waals surface area contributed by atoms with Crippen LogP contribution < -0.4 is 21.8 Å². The Morgan fingerprint density at radius 2 is 1.06 bits per heavy atom. The van der Waals surface area contributed by atoms with Gasteiger partial charge in [-0.3, -0.25) is 9.59 Å². The van der Waals surface area contributed by atoms with Gasteiger partial charge in [-0.1, -0.05) is 65.5 Å². The van der Waals surface area contributed by atoms with Gasteiger partial charge < -0.3 is 20.6 Å². The molecule has 0 aliphatic heterocycles. The highest BCUT2D eigenvalue weighted by molar-refractivity contribution is 5.29. The molecule has 2 aliphatic carbocycles. The van der Waals surface area contributed by atoms with E-state index in [-0.39, 0.29) is 21.9 Å². The molecule has 2 aliphatic rings. The van der Waals surface area contributed by atoms with Crippen molar-refractivity contribution >= 4 is 0 Å². The van der Waals surface area contributed by atoms with Gasteiger partial charge in [0.2, 0.25) is 11.1 Å². The van der Waals surface area contributed by atoms with Gasteiger partial charge >= 0.3 is 0 Å². The molecule has 0 amide bonds. The summed E-state index contributed by atoms with van der Waals surface area (Å²) in [6.07, 6.45) is 11.6. The lowest BCUT2D eigenvalue weighted by atomic mass is 9.74. The van der Waals surface area contributed by atoms with E-state index in [0.29, 0.717) is 12.1 Å². The number of unbranched alkanes of at least 4 members (excludes halogenated alkanes) is 5. The fourth-order valence-electron chi connectivity index (χ4n) is 6.30. The van der Waals surface area contributed by atoms with Crippen molar-refractivity contribution in [2.45, 2.75) is 104 Å². The molecular weight excluding hydrogens is 448 g/mol. The molecule has 0 saturated heterocycles. The summed E-state index contributed by atoms with van der Waals surface area (Å²) in [6.45, 7) is 11.2. The molecule has 2 aromatic heterocycles. The van der Waals surface area contributed by atoms with E-state index in [1.165, 1.54) is 49.7 Å². The van der Waals surface area contributed by atoms with E-state index in [1.54, 1.807) is 12.1 Å². The summed E-state index contributed by atoms with van der Waals surface area (Å²) in [5, 5.41) is 7.53. The monoisotopic (exact) mass is 494 g/mol. The largest absolute Gasteiger partial charge is 0.326 e. The zero-order chi connectivity index (χ0) is 25.8. The molecule has 0 bridgehead atoms. The highest BCUT2D eigenvalue weighted by atomic mass is 16.1. The van der Waals surface area contributed by atoms with Crippen molar-refractivity contribution in [3.05, 3.63) is 67.5 Å². The quantitative estimate of drug-likeness (QED) is 0.319. The van der Waals surface area contributed by atoms with E-state index in [1.807, 2.05) is 12.1 Å².